The summed E-state index contributed by atoms with van der Waals surface area (Å²) in [6.45, 7) is 4.03. The van der Waals surface area contributed by atoms with Gasteiger partial charge in [0.1, 0.15) is 0 Å². The second-order valence-corrected chi connectivity index (χ2v) is 5.97. The lowest BCUT2D eigenvalue weighted by Gasteiger charge is -2.39. The van der Waals surface area contributed by atoms with Gasteiger partial charge in [-0.05, 0) is 44.4 Å². The number of nitrogens with zero attached hydrogens (tertiary/aromatic N) is 1. The molecule has 0 heterocycles. The number of aliphatic hydroxyl groups excluding tert-OH is 1. The van der Waals surface area contributed by atoms with E-state index in [0.717, 1.165) is 12.5 Å². The standard InChI is InChI=1S/C14H28N2O2/c1-10(11-3-4-11)16(7-8-18-2)13(9-17)14(15)12-5-6-12/h10-14,17H,3-9,15H2,1-2H3. The molecule has 3 unspecified atom stereocenters. The molecule has 0 aromatic rings. The highest BCUT2D eigenvalue weighted by molar-refractivity contribution is 4.96. The lowest BCUT2D eigenvalue weighted by molar-refractivity contribution is 0.0370. The average Bonchev–Trinajstić information content (AvgIpc) is 3.23. The third-order valence-corrected chi connectivity index (χ3v) is 4.60. The van der Waals surface area contributed by atoms with Crippen molar-refractivity contribution in [1.82, 2.24) is 4.90 Å². The number of hydrogen-bond acceptors (Lipinski definition) is 4. The minimum absolute atomic E-state index is 0.100. The zero-order valence-corrected chi connectivity index (χ0v) is 11.7. The van der Waals surface area contributed by atoms with Crippen LogP contribution in [0.3, 0.4) is 0 Å². The average molecular weight is 256 g/mol. The molecule has 18 heavy (non-hydrogen) atoms. The predicted octanol–water partition coefficient (Wildman–Crippen LogP) is 0.832. The van der Waals surface area contributed by atoms with E-state index in [0.29, 0.717) is 18.6 Å². The molecule has 2 rings (SSSR count). The molecule has 2 aliphatic carbocycles. The van der Waals surface area contributed by atoms with Gasteiger partial charge in [-0.2, -0.15) is 0 Å². The maximum absolute atomic E-state index is 9.73. The van der Waals surface area contributed by atoms with Crippen LogP contribution in [0.1, 0.15) is 32.6 Å². The molecule has 0 aromatic heterocycles. The molecule has 3 atom stereocenters. The van der Waals surface area contributed by atoms with Gasteiger partial charge < -0.3 is 15.6 Å². The molecule has 0 aliphatic heterocycles. The first-order valence-electron chi connectivity index (χ1n) is 7.30. The van der Waals surface area contributed by atoms with E-state index in [4.69, 9.17) is 10.5 Å². The van der Waals surface area contributed by atoms with Gasteiger partial charge in [-0.25, -0.2) is 0 Å². The highest BCUT2D eigenvalue weighted by Gasteiger charge is 2.40. The summed E-state index contributed by atoms with van der Waals surface area (Å²) in [5.41, 5.74) is 6.32. The number of rotatable bonds is 9. The summed E-state index contributed by atoms with van der Waals surface area (Å²) in [4.78, 5) is 2.39. The summed E-state index contributed by atoms with van der Waals surface area (Å²) >= 11 is 0. The van der Waals surface area contributed by atoms with E-state index in [-0.39, 0.29) is 18.7 Å². The summed E-state index contributed by atoms with van der Waals surface area (Å²) in [7, 11) is 1.73. The Labute approximate surface area is 110 Å². The number of hydrogen-bond donors (Lipinski definition) is 2. The Morgan fingerprint density at radius 2 is 1.89 bits per heavy atom. The number of ether oxygens (including phenoxy) is 1. The zero-order valence-electron chi connectivity index (χ0n) is 11.7. The third-order valence-electron chi connectivity index (χ3n) is 4.60. The summed E-state index contributed by atoms with van der Waals surface area (Å²) < 4.78 is 5.21. The third kappa shape index (κ3) is 3.44. The van der Waals surface area contributed by atoms with Crippen molar-refractivity contribution in [2.45, 2.75) is 50.7 Å². The van der Waals surface area contributed by atoms with Gasteiger partial charge in [0.25, 0.3) is 0 Å². The fraction of sp³-hybridized carbons (Fsp3) is 1.00. The van der Waals surface area contributed by atoms with Crippen LogP contribution in [0.5, 0.6) is 0 Å². The molecule has 2 aliphatic rings. The second-order valence-electron chi connectivity index (χ2n) is 5.97. The fourth-order valence-electron chi connectivity index (χ4n) is 2.96. The van der Waals surface area contributed by atoms with Gasteiger partial charge in [0, 0.05) is 31.8 Å². The molecular weight excluding hydrogens is 228 g/mol. The predicted molar refractivity (Wildman–Crippen MR) is 72.3 cm³/mol. The Morgan fingerprint density at radius 1 is 1.28 bits per heavy atom. The summed E-state index contributed by atoms with van der Waals surface area (Å²) in [6.07, 6.45) is 5.10. The monoisotopic (exact) mass is 256 g/mol. The quantitative estimate of drug-likeness (QED) is 0.641. The lowest BCUT2D eigenvalue weighted by atomic mass is 10.00. The minimum atomic E-state index is 0.100. The van der Waals surface area contributed by atoms with Crippen molar-refractivity contribution in [2.24, 2.45) is 17.6 Å². The van der Waals surface area contributed by atoms with Crippen LogP contribution in [0.25, 0.3) is 0 Å². The maximum Gasteiger partial charge on any atom is 0.0602 e. The van der Waals surface area contributed by atoms with Crippen LogP contribution in [0.2, 0.25) is 0 Å². The highest BCUT2D eigenvalue weighted by Crippen LogP contribution is 2.38. The smallest absolute Gasteiger partial charge is 0.0602 e. The van der Waals surface area contributed by atoms with Crippen molar-refractivity contribution in [3.05, 3.63) is 0 Å². The minimum Gasteiger partial charge on any atom is -0.395 e. The first-order chi connectivity index (χ1) is 8.69. The maximum atomic E-state index is 9.73. The molecule has 0 bridgehead atoms. The number of methoxy groups -OCH3 is 1. The molecule has 106 valence electrons. The SMILES string of the molecule is COCCN(C(C)C1CC1)C(CO)C(N)C1CC1. The Kier molecular flexibility index (Phi) is 5.01. The van der Waals surface area contributed by atoms with Crippen LogP contribution in [-0.2, 0) is 4.74 Å². The van der Waals surface area contributed by atoms with Gasteiger partial charge in [-0.1, -0.05) is 0 Å². The molecule has 0 aromatic carbocycles. The first-order valence-corrected chi connectivity index (χ1v) is 7.30. The van der Waals surface area contributed by atoms with Crippen molar-refractivity contribution in [3.63, 3.8) is 0 Å². The lowest BCUT2D eigenvalue weighted by Crippen LogP contribution is -2.55. The second kappa shape index (κ2) is 6.33. The van der Waals surface area contributed by atoms with Crippen molar-refractivity contribution in [3.8, 4) is 0 Å². The molecule has 3 N–H and O–H groups in total. The van der Waals surface area contributed by atoms with E-state index in [2.05, 4.69) is 11.8 Å². The van der Waals surface area contributed by atoms with Crippen LogP contribution < -0.4 is 5.73 Å². The number of aliphatic hydroxyl groups is 1. The molecule has 0 amide bonds. The molecule has 4 heteroatoms. The van der Waals surface area contributed by atoms with Gasteiger partial charge in [-0.3, -0.25) is 4.90 Å². The van der Waals surface area contributed by atoms with Crippen LogP contribution in [-0.4, -0.2) is 55.0 Å². The van der Waals surface area contributed by atoms with E-state index < -0.39 is 0 Å². The first kappa shape index (κ1) is 14.3. The molecule has 4 nitrogen and oxygen atoms in total. The van der Waals surface area contributed by atoms with Gasteiger partial charge >= 0.3 is 0 Å². The Morgan fingerprint density at radius 3 is 2.33 bits per heavy atom. The molecular formula is C14H28N2O2. The van der Waals surface area contributed by atoms with E-state index in [1.165, 1.54) is 25.7 Å². The van der Waals surface area contributed by atoms with Crippen LogP contribution in [0, 0.1) is 11.8 Å². The normalized spacial score (nSPS) is 25.2. The van der Waals surface area contributed by atoms with E-state index in [1.807, 2.05) is 0 Å². The van der Waals surface area contributed by atoms with Crippen LogP contribution >= 0.6 is 0 Å². The van der Waals surface area contributed by atoms with Crippen molar-refractivity contribution in [1.29, 1.82) is 0 Å². The van der Waals surface area contributed by atoms with Crippen LogP contribution in [0.4, 0.5) is 0 Å². The molecule has 2 saturated carbocycles. The summed E-state index contributed by atoms with van der Waals surface area (Å²) in [5, 5.41) is 9.73. The van der Waals surface area contributed by atoms with Crippen molar-refractivity contribution >= 4 is 0 Å². The Bertz CT molecular complexity index is 254. The molecule has 2 fully saturated rings. The van der Waals surface area contributed by atoms with Crippen molar-refractivity contribution < 1.29 is 9.84 Å². The Hall–Kier alpha value is -0.160. The number of nitrogens with two attached hydrogens (primary N) is 1. The zero-order chi connectivity index (χ0) is 13.1. The van der Waals surface area contributed by atoms with Crippen molar-refractivity contribution in [2.75, 3.05) is 26.9 Å². The summed E-state index contributed by atoms with van der Waals surface area (Å²) in [5.74, 6) is 1.42. The van der Waals surface area contributed by atoms with E-state index >= 15 is 0 Å². The fourth-order valence-corrected chi connectivity index (χ4v) is 2.96. The van der Waals surface area contributed by atoms with Crippen LogP contribution in [0.15, 0.2) is 0 Å². The van der Waals surface area contributed by atoms with E-state index in [1.54, 1.807) is 7.11 Å². The molecule has 0 spiro atoms. The van der Waals surface area contributed by atoms with E-state index in [9.17, 15) is 5.11 Å². The molecule has 0 saturated heterocycles. The van der Waals surface area contributed by atoms with Gasteiger partial charge in [0.05, 0.1) is 13.2 Å². The topological polar surface area (TPSA) is 58.7 Å². The van der Waals surface area contributed by atoms with Gasteiger partial charge in [0.15, 0.2) is 0 Å². The Balaban J connectivity index is 1.98. The largest absolute Gasteiger partial charge is 0.395 e. The summed E-state index contributed by atoms with van der Waals surface area (Å²) in [6, 6.07) is 0.735. The molecule has 0 radical (unpaired) electrons. The van der Waals surface area contributed by atoms with Gasteiger partial charge in [-0.15, -0.1) is 0 Å². The highest BCUT2D eigenvalue weighted by atomic mass is 16.5. The van der Waals surface area contributed by atoms with Gasteiger partial charge in [0.2, 0.25) is 0 Å².